The molecular weight excluding hydrogens is 270 g/mol. The molecule has 0 radical (unpaired) electrons. The Kier molecular flexibility index (Phi) is 4.92. The summed E-state index contributed by atoms with van der Waals surface area (Å²) < 4.78 is 0. The first-order chi connectivity index (χ1) is 8.65. The standard InChI is InChI=1S/C13H16ClNO2S/c14-10-1-3-12(4-2-10)18-8-6-13(17)15-7-5-11(16)9-15/h1-4,11,16H,5-9H2/t11-/m0/s1. The van der Waals surface area contributed by atoms with Crippen molar-refractivity contribution in [3.63, 3.8) is 0 Å². The third kappa shape index (κ3) is 3.90. The van der Waals surface area contributed by atoms with Gasteiger partial charge in [0.1, 0.15) is 0 Å². The molecule has 0 bridgehead atoms. The zero-order chi connectivity index (χ0) is 13.0. The van der Waals surface area contributed by atoms with Gasteiger partial charge >= 0.3 is 0 Å². The number of likely N-dealkylation sites (tertiary alicyclic amines) is 1. The third-order valence-electron chi connectivity index (χ3n) is 2.91. The van der Waals surface area contributed by atoms with Crippen LogP contribution in [0.5, 0.6) is 0 Å². The van der Waals surface area contributed by atoms with Gasteiger partial charge in [0.15, 0.2) is 0 Å². The lowest BCUT2D eigenvalue weighted by atomic mass is 10.3. The highest BCUT2D eigenvalue weighted by Gasteiger charge is 2.23. The molecule has 18 heavy (non-hydrogen) atoms. The number of carbonyl (C=O) groups is 1. The second-order valence-electron chi connectivity index (χ2n) is 4.33. The molecule has 1 amide bonds. The van der Waals surface area contributed by atoms with Crippen LogP contribution in [0.2, 0.25) is 5.02 Å². The van der Waals surface area contributed by atoms with E-state index in [0.717, 1.165) is 15.7 Å². The second kappa shape index (κ2) is 6.45. The van der Waals surface area contributed by atoms with Crippen molar-refractivity contribution in [3.8, 4) is 0 Å². The van der Waals surface area contributed by atoms with Gasteiger partial charge in [-0.05, 0) is 30.7 Å². The van der Waals surface area contributed by atoms with Crippen molar-refractivity contribution in [2.75, 3.05) is 18.8 Å². The van der Waals surface area contributed by atoms with E-state index in [4.69, 9.17) is 11.6 Å². The monoisotopic (exact) mass is 285 g/mol. The Morgan fingerprint density at radius 1 is 1.44 bits per heavy atom. The van der Waals surface area contributed by atoms with E-state index in [1.54, 1.807) is 16.7 Å². The maximum absolute atomic E-state index is 11.8. The Bertz CT molecular complexity index is 410. The van der Waals surface area contributed by atoms with Crippen LogP contribution in [0.15, 0.2) is 29.2 Å². The second-order valence-corrected chi connectivity index (χ2v) is 5.94. The van der Waals surface area contributed by atoms with E-state index in [2.05, 4.69) is 0 Å². The fraction of sp³-hybridized carbons (Fsp3) is 0.462. The number of nitrogens with zero attached hydrogens (tertiary/aromatic N) is 1. The third-order valence-corrected chi connectivity index (χ3v) is 4.18. The van der Waals surface area contributed by atoms with Crippen LogP contribution in [0.3, 0.4) is 0 Å². The van der Waals surface area contributed by atoms with Crippen LogP contribution in [0, 0.1) is 0 Å². The van der Waals surface area contributed by atoms with Crippen LogP contribution in [-0.4, -0.2) is 40.9 Å². The van der Waals surface area contributed by atoms with Crippen molar-refractivity contribution in [2.24, 2.45) is 0 Å². The summed E-state index contributed by atoms with van der Waals surface area (Å²) in [6, 6.07) is 7.61. The van der Waals surface area contributed by atoms with E-state index in [1.165, 1.54) is 0 Å². The number of halogens is 1. The predicted octanol–water partition coefficient (Wildman–Crippen LogP) is 2.42. The SMILES string of the molecule is O=C(CCSc1ccc(Cl)cc1)N1CC[C@H](O)C1. The van der Waals surface area contributed by atoms with Gasteiger partial charge in [-0.2, -0.15) is 0 Å². The zero-order valence-corrected chi connectivity index (χ0v) is 11.6. The van der Waals surface area contributed by atoms with Crippen LogP contribution >= 0.6 is 23.4 Å². The zero-order valence-electron chi connectivity index (χ0n) is 10.0. The van der Waals surface area contributed by atoms with Gasteiger partial charge in [0.05, 0.1) is 6.10 Å². The average molecular weight is 286 g/mol. The fourth-order valence-corrected chi connectivity index (χ4v) is 2.88. The van der Waals surface area contributed by atoms with Gasteiger partial charge in [-0.3, -0.25) is 4.79 Å². The molecule has 1 N–H and O–H groups in total. The van der Waals surface area contributed by atoms with Gasteiger partial charge < -0.3 is 10.0 Å². The minimum absolute atomic E-state index is 0.132. The molecule has 1 aliphatic rings. The molecule has 98 valence electrons. The molecule has 0 aromatic heterocycles. The van der Waals surface area contributed by atoms with Crippen molar-refractivity contribution in [3.05, 3.63) is 29.3 Å². The smallest absolute Gasteiger partial charge is 0.223 e. The van der Waals surface area contributed by atoms with Gasteiger partial charge in [0.25, 0.3) is 0 Å². The Hall–Kier alpha value is -0.710. The lowest BCUT2D eigenvalue weighted by molar-refractivity contribution is -0.130. The molecule has 2 rings (SSSR count). The van der Waals surface area contributed by atoms with Gasteiger partial charge in [0.2, 0.25) is 5.91 Å². The quantitative estimate of drug-likeness (QED) is 0.864. The Morgan fingerprint density at radius 3 is 2.78 bits per heavy atom. The van der Waals surface area contributed by atoms with E-state index >= 15 is 0 Å². The number of rotatable bonds is 4. The van der Waals surface area contributed by atoms with Crippen molar-refractivity contribution >= 4 is 29.3 Å². The van der Waals surface area contributed by atoms with Crippen LogP contribution in [0.1, 0.15) is 12.8 Å². The van der Waals surface area contributed by atoms with Gasteiger partial charge in [-0.25, -0.2) is 0 Å². The van der Waals surface area contributed by atoms with Gasteiger partial charge in [-0.15, -0.1) is 11.8 Å². The molecule has 0 saturated carbocycles. The Labute approximate surface area is 116 Å². The van der Waals surface area contributed by atoms with Gasteiger partial charge in [0, 0.05) is 35.2 Å². The van der Waals surface area contributed by atoms with Crippen LogP contribution in [-0.2, 0) is 4.79 Å². The molecule has 1 saturated heterocycles. The molecule has 0 unspecified atom stereocenters. The van der Waals surface area contributed by atoms with E-state index in [-0.39, 0.29) is 12.0 Å². The minimum atomic E-state index is -0.335. The number of hydrogen-bond donors (Lipinski definition) is 1. The first-order valence-electron chi connectivity index (χ1n) is 5.99. The lowest BCUT2D eigenvalue weighted by Gasteiger charge is -2.15. The van der Waals surface area contributed by atoms with Crippen LogP contribution < -0.4 is 0 Å². The van der Waals surface area contributed by atoms with Gasteiger partial charge in [-0.1, -0.05) is 11.6 Å². The number of aliphatic hydroxyl groups excluding tert-OH is 1. The highest BCUT2D eigenvalue weighted by molar-refractivity contribution is 7.99. The molecule has 0 aliphatic carbocycles. The van der Waals surface area contributed by atoms with Crippen molar-refractivity contribution in [2.45, 2.75) is 23.8 Å². The number of hydrogen-bond acceptors (Lipinski definition) is 3. The molecule has 1 aliphatic heterocycles. The highest BCUT2D eigenvalue weighted by atomic mass is 35.5. The topological polar surface area (TPSA) is 40.5 Å². The average Bonchev–Trinajstić information content (AvgIpc) is 2.78. The molecule has 1 aromatic rings. The van der Waals surface area contributed by atoms with Crippen LogP contribution in [0.4, 0.5) is 0 Å². The maximum atomic E-state index is 11.8. The summed E-state index contributed by atoms with van der Waals surface area (Å²) in [6.07, 6.45) is 0.883. The number of aliphatic hydroxyl groups is 1. The number of benzene rings is 1. The van der Waals surface area contributed by atoms with E-state index in [9.17, 15) is 9.90 Å². The molecule has 1 atom stereocenters. The minimum Gasteiger partial charge on any atom is -0.391 e. The lowest BCUT2D eigenvalue weighted by Crippen LogP contribution is -2.29. The first-order valence-corrected chi connectivity index (χ1v) is 7.36. The van der Waals surface area contributed by atoms with Crippen molar-refractivity contribution < 1.29 is 9.90 Å². The summed E-state index contributed by atoms with van der Waals surface area (Å²) in [5, 5.41) is 10.1. The normalized spacial score (nSPS) is 19.2. The molecule has 3 nitrogen and oxygen atoms in total. The molecule has 1 aromatic carbocycles. The highest BCUT2D eigenvalue weighted by Crippen LogP contribution is 2.21. The summed E-state index contributed by atoms with van der Waals surface area (Å²) in [6.45, 7) is 1.18. The van der Waals surface area contributed by atoms with Crippen LogP contribution in [0.25, 0.3) is 0 Å². The summed E-state index contributed by atoms with van der Waals surface area (Å²) in [5.41, 5.74) is 0. The Morgan fingerprint density at radius 2 is 2.17 bits per heavy atom. The molecule has 1 fully saturated rings. The predicted molar refractivity (Wildman–Crippen MR) is 74.0 cm³/mol. The number of carbonyl (C=O) groups excluding carboxylic acids is 1. The molecule has 5 heteroatoms. The number of thioether (sulfide) groups is 1. The van der Waals surface area contributed by atoms with E-state index in [0.29, 0.717) is 25.9 Å². The molecule has 0 spiro atoms. The molecule has 1 heterocycles. The maximum Gasteiger partial charge on any atom is 0.223 e. The summed E-state index contributed by atoms with van der Waals surface area (Å²) in [7, 11) is 0. The number of amides is 1. The summed E-state index contributed by atoms with van der Waals surface area (Å²) >= 11 is 7.45. The summed E-state index contributed by atoms with van der Waals surface area (Å²) in [4.78, 5) is 14.7. The van der Waals surface area contributed by atoms with E-state index < -0.39 is 0 Å². The fourth-order valence-electron chi connectivity index (χ4n) is 1.91. The largest absolute Gasteiger partial charge is 0.391 e. The van der Waals surface area contributed by atoms with Crippen molar-refractivity contribution in [1.29, 1.82) is 0 Å². The molecular formula is C13H16ClNO2S. The number of β-amino-alcohol motifs (C(OH)–C–C–N with tert-alkyl or cyclic N) is 1. The van der Waals surface area contributed by atoms with E-state index in [1.807, 2.05) is 24.3 Å². The first kappa shape index (κ1) is 13.7. The Balaban J connectivity index is 1.72. The summed E-state index contributed by atoms with van der Waals surface area (Å²) in [5.74, 6) is 0.889. The van der Waals surface area contributed by atoms with Crippen molar-refractivity contribution in [1.82, 2.24) is 4.90 Å².